The van der Waals surface area contributed by atoms with E-state index in [2.05, 4.69) is 58.7 Å². The van der Waals surface area contributed by atoms with E-state index in [1.54, 1.807) is 5.48 Å². The van der Waals surface area contributed by atoms with Gasteiger partial charge in [-0.1, -0.05) is 97.1 Å². The third kappa shape index (κ3) is 9.81. The zero-order chi connectivity index (χ0) is 32.1. The Morgan fingerprint density at radius 2 is 1.30 bits per heavy atom. The molecular formula is C37H41N3O6. The van der Waals surface area contributed by atoms with Crippen molar-refractivity contribution in [3.63, 3.8) is 0 Å². The van der Waals surface area contributed by atoms with Gasteiger partial charge in [0.2, 0.25) is 11.8 Å². The first-order valence-corrected chi connectivity index (χ1v) is 15.6. The summed E-state index contributed by atoms with van der Waals surface area (Å²) in [7, 11) is 0. The third-order valence-electron chi connectivity index (χ3n) is 7.97. The lowest BCUT2D eigenvalue weighted by Gasteiger charge is -2.38. The predicted octanol–water partition coefficient (Wildman–Crippen LogP) is 6.04. The van der Waals surface area contributed by atoms with Gasteiger partial charge in [0.25, 0.3) is 0 Å². The van der Waals surface area contributed by atoms with Gasteiger partial charge in [-0.25, -0.2) is 5.48 Å². The van der Waals surface area contributed by atoms with Crippen LogP contribution in [0.4, 0.5) is 5.69 Å². The number of aliphatic hydroxyl groups excluding tert-OH is 1. The molecule has 240 valence electrons. The average molecular weight is 624 g/mol. The molecule has 9 nitrogen and oxygen atoms in total. The van der Waals surface area contributed by atoms with Gasteiger partial charge in [-0.05, 0) is 40.8 Å². The van der Waals surface area contributed by atoms with Gasteiger partial charge in [0, 0.05) is 50.1 Å². The first-order valence-electron chi connectivity index (χ1n) is 15.6. The van der Waals surface area contributed by atoms with Crippen molar-refractivity contribution in [1.82, 2.24) is 10.4 Å². The molecule has 1 aliphatic rings. The van der Waals surface area contributed by atoms with E-state index in [4.69, 9.17) is 14.7 Å². The summed E-state index contributed by atoms with van der Waals surface area (Å²) >= 11 is 0. The van der Waals surface area contributed by atoms with Crippen molar-refractivity contribution in [3.8, 4) is 0 Å². The van der Waals surface area contributed by atoms with Crippen molar-refractivity contribution < 1.29 is 29.4 Å². The molecule has 0 aliphatic carbocycles. The van der Waals surface area contributed by atoms with E-state index in [1.807, 2.05) is 60.7 Å². The van der Waals surface area contributed by atoms with Crippen LogP contribution >= 0.6 is 0 Å². The molecule has 2 amide bonds. The highest BCUT2D eigenvalue weighted by atomic mass is 16.7. The molecule has 9 heteroatoms. The molecule has 0 unspecified atom stereocenters. The maximum atomic E-state index is 12.3. The van der Waals surface area contributed by atoms with Crippen LogP contribution in [0, 0.1) is 0 Å². The largest absolute Gasteiger partial charge is 0.392 e. The van der Waals surface area contributed by atoms with Gasteiger partial charge < -0.3 is 19.9 Å². The van der Waals surface area contributed by atoms with Crippen molar-refractivity contribution in [2.24, 2.45) is 0 Å². The average Bonchev–Trinajstić information content (AvgIpc) is 3.09. The Kier molecular flexibility index (Phi) is 12.0. The van der Waals surface area contributed by atoms with E-state index in [-0.39, 0.29) is 37.6 Å². The van der Waals surface area contributed by atoms with Crippen LogP contribution in [0.3, 0.4) is 0 Å². The number of hydroxylamine groups is 1. The molecule has 0 radical (unpaired) electrons. The first-order chi connectivity index (χ1) is 22.5. The van der Waals surface area contributed by atoms with Crippen LogP contribution in [0.15, 0.2) is 109 Å². The number of anilines is 1. The van der Waals surface area contributed by atoms with E-state index in [0.717, 1.165) is 29.8 Å². The van der Waals surface area contributed by atoms with Crippen LogP contribution in [-0.4, -0.2) is 39.7 Å². The van der Waals surface area contributed by atoms with Crippen molar-refractivity contribution in [2.45, 2.75) is 63.9 Å². The number of benzene rings is 4. The van der Waals surface area contributed by atoms with Gasteiger partial charge in [-0.15, -0.1) is 0 Å². The first kappa shape index (κ1) is 33.0. The molecule has 0 spiro atoms. The van der Waals surface area contributed by atoms with E-state index in [9.17, 15) is 14.7 Å². The lowest BCUT2D eigenvalue weighted by Crippen LogP contribution is -2.39. The Bertz CT molecular complexity index is 1480. The molecule has 4 N–H and O–H groups in total. The maximum Gasteiger partial charge on any atom is 0.243 e. The van der Waals surface area contributed by atoms with Crippen LogP contribution in [-0.2, 0) is 38.8 Å². The highest BCUT2D eigenvalue weighted by molar-refractivity contribution is 5.91. The number of aliphatic hydroxyl groups is 1. The van der Waals surface area contributed by atoms with E-state index in [1.165, 1.54) is 11.1 Å². The SMILES string of the molecule is O=C(CCCC(=O)Nc1ccc([C@H]2O[C@@H](CN(Cc3ccccc3)Cc3ccccc3)C[C@@H](c3ccc(CO)cc3)O2)cc1)NO. The fourth-order valence-corrected chi connectivity index (χ4v) is 5.60. The summed E-state index contributed by atoms with van der Waals surface area (Å²) in [5.74, 6) is -0.735. The third-order valence-corrected chi connectivity index (χ3v) is 7.97. The molecule has 1 fully saturated rings. The monoisotopic (exact) mass is 623 g/mol. The fraction of sp³-hybridized carbons (Fsp3) is 0.297. The smallest absolute Gasteiger partial charge is 0.243 e. The molecule has 4 aromatic rings. The van der Waals surface area contributed by atoms with Crippen LogP contribution in [0.25, 0.3) is 0 Å². The molecule has 4 aromatic carbocycles. The second kappa shape index (κ2) is 16.8. The molecule has 0 bridgehead atoms. The number of carbonyl (C=O) groups is 2. The van der Waals surface area contributed by atoms with E-state index < -0.39 is 12.2 Å². The van der Waals surface area contributed by atoms with Gasteiger partial charge in [-0.2, -0.15) is 0 Å². The van der Waals surface area contributed by atoms with Crippen molar-refractivity contribution >= 4 is 17.5 Å². The van der Waals surface area contributed by atoms with Gasteiger partial charge in [0.15, 0.2) is 6.29 Å². The quantitative estimate of drug-likeness (QED) is 0.0999. The molecule has 3 atom stereocenters. The number of rotatable bonds is 14. The lowest BCUT2D eigenvalue weighted by atomic mass is 9.99. The molecule has 0 aromatic heterocycles. The summed E-state index contributed by atoms with van der Waals surface area (Å²) in [4.78, 5) is 26.0. The Morgan fingerprint density at radius 3 is 1.89 bits per heavy atom. The number of hydrogen-bond donors (Lipinski definition) is 4. The van der Waals surface area contributed by atoms with E-state index in [0.29, 0.717) is 25.1 Å². The molecule has 0 saturated carbocycles. The number of ether oxygens (including phenoxy) is 2. The van der Waals surface area contributed by atoms with Crippen LogP contribution in [0.1, 0.15) is 65.9 Å². The van der Waals surface area contributed by atoms with Gasteiger partial charge in [0.1, 0.15) is 0 Å². The zero-order valence-corrected chi connectivity index (χ0v) is 25.8. The number of hydrogen-bond acceptors (Lipinski definition) is 7. The molecule has 1 aliphatic heterocycles. The Balaban J connectivity index is 1.32. The summed E-state index contributed by atoms with van der Waals surface area (Å²) in [6, 6.07) is 36.1. The number of nitrogens with one attached hydrogen (secondary N) is 2. The van der Waals surface area contributed by atoms with Crippen molar-refractivity contribution in [3.05, 3.63) is 137 Å². The number of carbonyl (C=O) groups excluding carboxylic acids is 2. The zero-order valence-electron chi connectivity index (χ0n) is 25.8. The summed E-state index contributed by atoms with van der Waals surface area (Å²) in [5.41, 5.74) is 7.35. The molecule has 1 saturated heterocycles. The second-order valence-electron chi connectivity index (χ2n) is 11.5. The standard InChI is InChI=1S/C37H41N3O6/c41-26-29-14-16-30(17-15-29)34-22-33(25-40(23-27-8-3-1-4-9-27)24-28-10-5-2-6-11-28)45-37(46-34)31-18-20-32(21-19-31)38-35(42)12-7-13-36(43)39-44/h1-6,8-11,14-21,33-34,37,41,44H,7,12-13,22-26H2,(H,38,42)(H,39,43)/t33-,34+,37+/m1/s1. The molecular weight excluding hydrogens is 582 g/mol. The van der Waals surface area contributed by atoms with E-state index >= 15 is 0 Å². The minimum absolute atomic E-state index is 0.0189. The normalized spacial score (nSPS) is 17.8. The van der Waals surface area contributed by atoms with Crippen molar-refractivity contribution in [1.29, 1.82) is 0 Å². The summed E-state index contributed by atoms with van der Waals surface area (Å²) in [6.45, 7) is 2.22. The number of amides is 2. The number of nitrogens with zero attached hydrogens (tertiary/aromatic N) is 1. The Labute approximate surface area is 269 Å². The van der Waals surface area contributed by atoms with Gasteiger partial charge in [-0.3, -0.25) is 19.7 Å². The molecule has 5 rings (SSSR count). The van der Waals surface area contributed by atoms with Gasteiger partial charge in [0.05, 0.1) is 18.8 Å². The summed E-state index contributed by atoms with van der Waals surface area (Å²) in [5, 5.41) is 21.0. The Hall–Kier alpha value is -4.38. The molecule has 46 heavy (non-hydrogen) atoms. The van der Waals surface area contributed by atoms with Crippen LogP contribution in [0.2, 0.25) is 0 Å². The fourth-order valence-electron chi connectivity index (χ4n) is 5.60. The minimum atomic E-state index is -0.627. The summed E-state index contributed by atoms with van der Waals surface area (Å²) < 4.78 is 13.2. The van der Waals surface area contributed by atoms with Gasteiger partial charge >= 0.3 is 0 Å². The topological polar surface area (TPSA) is 120 Å². The lowest BCUT2D eigenvalue weighted by molar-refractivity contribution is -0.253. The second-order valence-corrected chi connectivity index (χ2v) is 11.5. The van der Waals surface area contributed by atoms with Crippen molar-refractivity contribution in [2.75, 3.05) is 11.9 Å². The summed E-state index contributed by atoms with van der Waals surface area (Å²) in [6.07, 6.45) is 0.235. The predicted molar refractivity (Wildman–Crippen MR) is 174 cm³/mol. The Morgan fingerprint density at radius 1 is 0.717 bits per heavy atom. The minimum Gasteiger partial charge on any atom is -0.392 e. The highest BCUT2D eigenvalue weighted by Crippen LogP contribution is 2.38. The highest BCUT2D eigenvalue weighted by Gasteiger charge is 2.33. The molecule has 1 heterocycles. The van der Waals surface area contributed by atoms with Crippen LogP contribution < -0.4 is 10.8 Å². The maximum absolute atomic E-state index is 12.3. The van der Waals surface area contributed by atoms with Crippen LogP contribution in [0.5, 0.6) is 0 Å².